The van der Waals surface area contributed by atoms with E-state index in [1.807, 2.05) is 0 Å². The first-order valence-corrected chi connectivity index (χ1v) is 4.33. The van der Waals surface area contributed by atoms with Gasteiger partial charge in [-0.25, -0.2) is 0 Å². The normalized spacial score (nSPS) is 9.93. The molecule has 0 saturated carbocycles. The average Bonchev–Trinajstić information content (AvgIpc) is 2.26. The highest BCUT2D eigenvalue weighted by Gasteiger charge is 1.98. The highest BCUT2D eigenvalue weighted by molar-refractivity contribution is 6.01. The molecule has 1 aromatic carbocycles. The van der Waals surface area contributed by atoms with Crippen molar-refractivity contribution in [2.45, 2.75) is 0 Å². The molecular weight excluding hydrogens is 194 g/mol. The Morgan fingerprint density at radius 2 is 2.27 bits per heavy atom. The minimum absolute atomic E-state index is 0.352. The molecule has 1 N–H and O–H groups in total. The molecule has 0 radical (unpaired) electrons. The molecule has 78 valence electrons. The lowest BCUT2D eigenvalue weighted by molar-refractivity contribution is -0.112. The molecule has 0 aliphatic rings. The van der Waals surface area contributed by atoms with Gasteiger partial charge in [0.1, 0.15) is 12.0 Å². The van der Waals surface area contributed by atoms with E-state index >= 15 is 0 Å². The van der Waals surface area contributed by atoms with Crippen LogP contribution in [0.25, 0.3) is 0 Å². The van der Waals surface area contributed by atoms with Gasteiger partial charge in [0.25, 0.3) is 0 Å². The molecule has 0 aromatic heterocycles. The van der Waals surface area contributed by atoms with Crippen molar-refractivity contribution < 1.29 is 14.3 Å². The van der Waals surface area contributed by atoms with Crippen molar-refractivity contribution in [2.75, 3.05) is 12.4 Å². The second kappa shape index (κ2) is 5.59. The van der Waals surface area contributed by atoms with Crippen LogP contribution < -0.4 is 10.1 Å². The van der Waals surface area contributed by atoms with Crippen LogP contribution in [0.15, 0.2) is 36.4 Å². The number of allylic oxidation sites excluding steroid dienone is 1. The van der Waals surface area contributed by atoms with Crippen molar-refractivity contribution in [1.29, 1.82) is 0 Å². The number of rotatable bonds is 4. The zero-order valence-electron chi connectivity index (χ0n) is 8.27. The van der Waals surface area contributed by atoms with E-state index in [4.69, 9.17) is 4.74 Å². The van der Waals surface area contributed by atoms with E-state index in [0.29, 0.717) is 17.7 Å². The third-order valence-corrected chi connectivity index (χ3v) is 1.66. The van der Waals surface area contributed by atoms with E-state index in [1.165, 1.54) is 0 Å². The van der Waals surface area contributed by atoms with E-state index < -0.39 is 0 Å². The number of aldehydes is 1. The minimum atomic E-state index is -0.352. The molecule has 0 fully saturated rings. The van der Waals surface area contributed by atoms with Gasteiger partial charge in [-0.05, 0) is 18.2 Å². The van der Waals surface area contributed by atoms with E-state index in [-0.39, 0.29) is 5.91 Å². The molecule has 0 aliphatic heterocycles. The summed E-state index contributed by atoms with van der Waals surface area (Å²) in [6, 6.07) is 6.95. The highest BCUT2D eigenvalue weighted by atomic mass is 16.5. The van der Waals surface area contributed by atoms with Crippen LogP contribution in [0.2, 0.25) is 0 Å². The Morgan fingerprint density at radius 1 is 1.47 bits per heavy atom. The molecule has 4 heteroatoms. The highest BCUT2D eigenvalue weighted by Crippen LogP contribution is 2.16. The van der Waals surface area contributed by atoms with Gasteiger partial charge in [-0.1, -0.05) is 6.07 Å². The fourth-order valence-electron chi connectivity index (χ4n) is 1.01. The number of carbonyl (C=O) groups is 2. The van der Waals surface area contributed by atoms with Crippen molar-refractivity contribution >= 4 is 17.9 Å². The predicted octanol–water partition coefficient (Wildman–Crippen LogP) is 1.39. The maximum Gasteiger partial charge on any atom is 0.248 e. The predicted molar refractivity (Wildman–Crippen MR) is 56.8 cm³/mol. The molecule has 0 aliphatic carbocycles. The van der Waals surface area contributed by atoms with Crippen LogP contribution in [0.5, 0.6) is 5.75 Å². The molecule has 1 aromatic rings. The number of methoxy groups -OCH3 is 1. The molecule has 1 amide bonds. The van der Waals surface area contributed by atoms with Crippen molar-refractivity contribution in [3.8, 4) is 5.75 Å². The number of hydrogen-bond donors (Lipinski definition) is 1. The van der Waals surface area contributed by atoms with Gasteiger partial charge in [-0.15, -0.1) is 0 Å². The van der Waals surface area contributed by atoms with Crippen LogP contribution in [-0.4, -0.2) is 19.3 Å². The molecule has 0 unspecified atom stereocenters. The summed E-state index contributed by atoms with van der Waals surface area (Å²) in [4.78, 5) is 21.1. The standard InChI is InChI=1S/C11H11NO3/c1-15-10-5-2-4-9(8-10)12-11(14)6-3-7-13/h2-8H,1H3,(H,12,14). The number of nitrogens with one attached hydrogen (secondary N) is 1. The number of ether oxygens (including phenoxy) is 1. The zero-order chi connectivity index (χ0) is 11.1. The number of hydrogen-bond acceptors (Lipinski definition) is 3. The summed E-state index contributed by atoms with van der Waals surface area (Å²) >= 11 is 0. The summed E-state index contributed by atoms with van der Waals surface area (Å²) in [6.07, 6.45) is 2.84. The lowest BCUT2D eigenvalue weighted by Gasteiger charge is -2.04. The molecule has 0 heterocycles. The molecule has 15 heavy (non-hydrogen) atoms. The Morgan fingerprint density at radius 3 is 2.93 bits per heavy atom. The zero-order valence-corrected chi connectivity index (χ0v) is 8.27. The minimum Gasteiger partial charge on any atom is -0.497 e. The van der Waals surface area contributed by atoms with Gasteiger partial charge in [0.2, 0.25) is 5.91 Å². The van der Waals surface area contributed by atoms with Gasteiger partial charge in [0.05, 0.1) is 7.11 Å². The van der Waals surface area contributed by atoms with Gasteiger partial charge >= 0.3 is 0 Å². The Balaban J connectivity index is 2.67. The molecule has 0 saturated heterocycles. The molecule has 1 rings (SSSR count). The quantitative estimate of drug-likeness (QED) is 0.597. The molecule has 4 nitrogen and oxygen atoms in total. The second-order valence-corrected chi connectivity index (χ2v) is 2.72. The van der Waals surface area contributed by atoms with Gasteiger partial charge in [-0.3, -0.25) is 9.59 Å². The van der Waals surface area contributed by atoms with Gasteiger partial charge in [-0.2, -0.15) is 0 Å². The topological polar surface area (TPSA) is 55.4 Å². The van der Waals surface area contributed by atoms with E-state index in [1.54, 1.807) is 31.4 Å². The summed E-state index contributed by atoms with van der Waals surface area (Å²) in [6.45, 7) is 0. The Labute approximate surface area is 87.6 Å². The van der Waals surface area contributed by atoms with Gasteiger partial charge in [0, 0.05) is 17.8 Å². The maximum atomic E-state index is 11.2. The maximum absolute atomic E-state index is 11.2. The fraction of sp³-hybridized carbons (Fsp3) is 0.0909. The third kappa shape index (κ3) is 3.64. The molecule has 0 spiro atoms. The Kier molecular flexibility index (Phi) is 4.09. The molecule has 0 bridgehead atoms. The third-order valence-electron chi connectivity index (χ3n) is 1.66. The van der Waals surface area contributed by atoms with Crippen LogP contribution in [-0.2, 0) is 9.59 Å². The first-order chi connectivity index (χ1) is 7.26. The lowest BCUT2D eigenvalue weighted by atomic mass is 10.3. The summed E-state index contributed by atoms with van der Waals surface area (Å²) in [7, 11) is 1.55. The Bertz CT molecular complexity index is 385. The second-order valence-electron chi connectivity index (χ2n) is 2.72. The lowest BCUT2D eigenvalue weighted by Crippen LogP contribution is -2.07. The number of benzene rings is 1. The Hall–Kier alpha value is -2.10. The van der Waals surface area contributed by atoms with E-state index in [2.05, 4.69) is 5.32 Å². The van der Waals surface area contributed by atoms with Crippen molar-refractivity contribution in [1.82, 2.24) is 0 Å². The SMILES string of the molecule is COc1cccc(NC(=O)C=CC=O)c1. The van der Waals surface area contributed by atoms with Crippen molar-refractivity contribution in [2.24, 2.45) is 0 Å². The van der Waals surface area contributed by atoms with Crippen LogP contribution in [0.3, 0.4) is 0 Å². The van der Waals surface area contributed by atoms with Crippen LogP contribution >= 0.6 is 0 Å². The number of amides is 1. The fourth-order valence-corrected chi connectivity index (χ4v) is 1.01. The van der Waals surface area contributed by atoms with Gasteiger partial charge < -0.3 is 10.1 Å². The monoisotopic (exact) mass is 205 g/mol. The van der Waals surface area contributed by atoms with Gasteiger partial charge in [0.15, 0.2) is 0 Å². The smallest absolute Gasteiger partial charge is 0.248 e. The number of carbonyl (C=O) groups excluding carboxylic acids is 2. The first kappa shape index (κ1) is 11.0. The van der Waals surface area contributed by atoms with Crippen LogP contribution in [0.4, 0.5) is 5.69 Å². The largest absolute Gasteiger partial charge is 0.497 e. The first-order valence-electron chi connectivity index (χ1n) is 4.33. The van der Waals surface area contributed by atoms with Crippen molar-refractivity contribution in [3.05, 3.63) is 36.4 Å². The van der Waals surface area contributed by atoms with E-state index in [9.17, 15) is 9.59 Å². The number of anilines is 1. The van der Waals surface area contributed by atoms with E-state index in [0.717, 1.165) is 12.2 Å². The average molecular weight is 205 g/mol. The molecule has 0 atom stereocenters. The summed E-state index contributed by atoms with van der Waals surface area (Å²) in [5.41, 5.74) is 0.620. The van der Waals surface area contributed by atoms with Crippen molar-refractivity contribution in [3.63, 3.8) is 0 Å². The summed E-state index contributed by atoms with van der Waals surface area (Å²) in [5, 5.41) is 2.59. The summed E-state index contributed by atoms with van der Waals surface area (Å²) < 4.78 is 4.99. The molecular formula is C11H11NO3. The van der Waals surface area contributed by atoms with Crippen LogP contribution in [0, 0.1) is 0 Å². The summed E-state index contributed by atoms with van der Waals surface area (Å²) in [5.74, 6) is 0.308. The van der Waals surface area contributed by atoms with Crippen LogP contribution in [0.1, 0.15) is 0 Å².